The predicted octanol–water partition coefficient (Wildman–Crippen LogP) is 7.56. The number of halogens is 2. The van der Waals surface area contributed by atoms with Gasteiger partial charge in [-0.3, -0.25) is 4.79 Å². The largest absolute Gasteiger partial charge is 0.487 e. The highest BCUT2D eigenvalue weighted by molar-refractivity contribution is 9.10. The minimum atomic E-state index is -0.358. The summed E-state index contributed by atoms with van der Waals surface area (Å²) in [6, 6.07) is 29.2. The molecule has 9 heteroatoms. The number of benzene rings is 4. The predicted molar refractivity (Wildman–Crippen MR) is 159 cm³/mol. The highest BCUT2D eigenvalue weighted by atomic mass is 79.9. The molecule has 2 heterocycles. The third kappa shape index (κ3) is 4.89. The number of nitriles is 1. The molecular weight excluding hydrogens is 592 g/mol. The fourth-order valence-electron chi connectivity index (χ4n) is 4.34. The van der Waals surface area contributed by atoms with E-state index in [0.29, 0.717) is 48.6 Å². The summed E-state index contributed by atoms with van der Waals surface area (Å²) in [5, 5.41) is 15.7. The highest BCUT2D eigenvalue weighted by Crippen LogP contribution is 2.33. The van der Waals surface area contributed by atoms with Gasteiger partial charge in [-0.15, -0.1) is 0 Å². The number of nitrogens with zero attached hydrogens (tertiary/aromatic N) is 4. The molecule has 0 spiro atoms. The van der Waals surface area contributed by atoms with Crippen LogP contribution in [-0.2, 0) is 6.61 Å². The SMILES string of the molecule is N#Cc1ccccc1COc1c(Br)cc(Cl)cc1C=Nn1c(-c2cc3ccccc3o2)nc2ccccc2c1=O. The van der Waals surface area contributed by atoms with E-state index in [1.807, 2.05) is 48.5 Å². The number of aromatic nitrogens is 2. The smallest absolute Gasteiger partial charge is 0.282 e. The van der Waals surface area contributed by atoms with Gasteiger partial charge in [0.25, 0.3) is 5.56 Å². The summed E-state index contributed by atoms with van der Waals surface area (Å²) in [6.07, 6.45) is 1.49. The Labute approximate surface area is 241 Å². The van der Waals surface area contributed by atoms with E-state index in [9.17, 15) is 10.1 Å². The van der Waals surface area contributed by atoms with Crippen LogP contribution in [0.4, 0.5) is 0 Å². The average molecular weight is 610 g/mol. The molecule has 6 aromatic rings. The van der Waals surface area contributed by atoms with Crippen LogP contribution in [0, 0.1) is 11.3 Å². The number of rotatable bonds is 6. The quantitative estimate of drug-likeness (QED) is 0.182. The molecule has 0 radical (unpaired) electrons. The molecule has 4 aromatic carbocycles. The van der Waals surface area contributed by atoms with Crippen molar-refractivity contribution in [1.29, 1.82) is 5.26 Å². The number of hydrogen-bond acceptors (Lipinski definition) is 6. The van der Waals surface area contributed by atoms with Crippen LogP contribution in [-0.4, -0.2) is 15.9 Å². The molecule has 0 N–H and O–H groups in total. The van der Waals surface area contributed by atoms with Crippen molar-refractivity contribution >= 4 is 55.6 Å². The summed E-state index contributed by atoms with van der Waals surface area (Å²) in [5.74, 6) is 1.11. The molecule has 6 rings (SSSR count). The fourth-order valence-corrected chi connectivity index (χ4v) is 5.28. The van der Waals surface area contributed by atoms with Gasteiger partial charge in [0.05, 0.1) is 33.2 Å². The second-order valence-electron chi connectivity index (χ2n) is 8.83. The van der Waals surface area contributed by atoms with Crippen LogP contribution in [0.1, 0.15) is 16.7 Å². The Kier molecular flexibility index (Phi) is 6.91. The van der Waals surface area contributed by atoms with Gasteiger partial charge in [0.1, 0.15) is 17.9 Å². The Bertz CT molecular complexity index is 2010. The molecule has 7 nitrogen and oxygen atoms in total. The number of furan rings is 1. The maximum absolute atomic E-state index is 13.6. The third-order valence-corrected chi connectivity index (χ3v) is 7.07. The molecule has 0 aliphatic carbocycles. The zero-order valence-corrected chi connectivity index (χ0v) is 23.1. The monoisotopic (exact) mass is 608 g/mol. The number of para-hydroxylation sites is 2. The van der Waals surface area contributed by atoms with Gasteiger partial charge >= 0.3 is 0 Å². The van der Waals surface area contributed by atoms with Crippen LogP contribution in [0.3, 0.4) is 0 Å². The fraction of sp³-hybridized carbons (Fsp3) is 0.0323. The van der Waals surface area contributed by atoms with Gasteiger partial charge in [0.15, 0.2) is 5.76 Å². The zero-order valence-electron chi connectivity index (χ0n) is 20.7. The normalized spacial score (nSPS) is 11.3. The first-order valence-corrected chi connectivity index (χ1v) is 13.3. The molecule has 0 unspecified atom stereocenters. The second-order valence-corrected chi connectivity index (χ2v) is 10.1. The van der Waals surface area contributed by atoms with Gasteiger partial charge in [-0.05, 0) is 58.4 Å². The van der Waals surface area contributed by atoms with Crippen molar-refractivity contribution in [2.45, 2.75) is 6.61 Å². The van der Waals surface area contributed by atoms with E-state index in [1.165, 1.54) is 10.9 Å². The van der Waals surface area contributed by atoms with E-state index in [0.717, 1.165) is 10.9 Å². The first-order chi connectivity index (χ1) is 19.5. The van der Waals surface area contributed by atoms with E-state index in [2.05, 4.69) is 27.1 Å². The van der Waals surface area contributed by atoms with Crippen molar-refractivity contribution in [3.8, 4) is 23.4 Å². The van der Waals surface area contributed by atoms with Crippen molar-refractivity contribution < 1.29 is 9.15 Å². The molecule has 0 aliphatic rings. The van der Waals surface area contributed by atoms with E-state index >= 15 is 0 Å². The topological polar surface area (TPSA) is 93.4 Å². The van der Waals surface area contributed by atoms with Crippen LogP contribution in [0.2, 0.25) is 5.02 Å². The molecule has 0 bridgehead atoms. The standard InChI is InChI=1S/C31H18BrClN4O3/c32-25-15-23(33)13-22(29(25)39-18-21-9-2-1-8-20(21)16-34)17-35-37-30(28-14-19-7-3-6-12-27(19)40-28)36-26-11-5-4-10-24(26)31(37)38/h1-15,17H,18H2. The average Bonchev–Trinajstić information content (AvgIpc) is 3.40. The van der Waals surface area contributed by atoms with Crippen molar-refractivity contribution in [3.63, 3.8) is 0 Å². The number of ether oxygens (including phenoxy) is 1. The number of fused-ring (bicyclic) bond motifs is 2. The summed E-state index contributed by atoms with van der Waals surface area (Å²) in [6.45, 7) is 0.145. The Hall–Kier alpha value is -4.71. The second kappa shape index (κ2) is 10.8. The van der Waals surface area contributed by atoms with Crippen LogP contribution in [0.5, 0.6) is 5.75 Å². The minimum absolute atomic E-state index is 0.145. The van der Waals surface area contributed by atoms with Crippen LogP contribution in [0.25, 0.3) is 33.5 Å². The molecule has 40 heavy (non-hydrogen) atoms. The van der Waals surface area contributed by atoms with Crippen molar-refractivity contribution in [2.24, 2.45) is 5.10 Å². The van der Waals surface area contributed by atoms with Gasteiger partial charge in [0.2, 0.25) is 5.82 Å². The first-order valence-electron chi connectivity index (χ1n) is 12.2. The molecule has 194 valence electrons. The summed E-state index contributed by atoms with van der Waals surface area (Å²) in [5.41, 5.74) is 2.61. The first kappa shape index (κ1) is 25.6. The summed E-state index contributed by atoms with van der Waals surface area (Å²) in [4.78, 5) is 18.4. The molecule has 0 atom stereocenters. The van der Waals surface area contributed by atoms with Crippen molar-refractivity contribution in [3.05, 3.63) is 128 Å². The van der Waals surface area contributed by atoms with E-state index in [1.54, 1.807) is 42.5 Å². The highest BCUT2D eigenvalue weighted by Gasteiger charge is 2.17. The van der Waals surface area contributed by atoms with Crippen molar-refractivity contribution in [2.75, 3.05) is 0 Å². The summed E-state index contributed by atoms with van der Waals surface area (Å²) < 4.78 is 14.0. The molecule has 0 aliphatic heterocycles. The molecule has 2 aromatic heterocycles. The summed E-state index contributed by atoms with van der Waals surface area (Å²) in [7, 11) is 0. The Morgan fingerprint density at radius 2 is 1.82 bits per heavy atom. The van der Waals surface area contributed by atoms with Gasteiger partial charge in [-0.1, -0.05) is 60.1 Å². The Morgan fingerprint density at radius 3 is 2.67 bits per heavy atom. The Balaban J connectivity index is 1.46. The summed E-state index contributed by atoms with van der Waals surface area (Å²) >= 11 is 9.88. The van der Waals surface area contributed by atoms with E-state index in [-0.39, 0.29) is 18.0 Å². The van der Waals surface area contributed by atoms with Gasteiger partial charge in [-0.2, -0.15) is 15.0 Å². The van der Waals surface area contributed by atoms with Gasteiger partial charge in [0, 0.05) is 21.5 Å². The molecule has 0 saturated heterocycles. The van der Waals surface area contributed by atoms with E-state index in [4.69, 9.17) is 25.7 Å². The Morgan fingerprint density at radius 1 is 1.05 bits per heavy atom. The van der Waals surface area contributed by atoms with Crippen LogP contribution < -0.4 is 10.3 Å². The lowest BCUT2D eigenvalue weighted by Crippen LogP contribution is -2.20. The molecule has 0 saturated carbocycles. The lowest BCUT2D eigenvalue weighted by Gasteiger charge is -2.13. The van der Waals surface area contributed by atoms with Gasteiger partial charge < -0.3 is 9.15 Å². The van der Waals surface area contributed by atoms with Crippen molar-refractivity contribution in [1.82, 2.24) is 9.66 Å². The van der Waals surface area contributed by atoms with Gasteiger partial charge in [-0.25, -0.2) is 4.98 Å². The van der Waals surface area contributed by atoms with E-state index < -0.39 is 0 Å². The lowest BCUT2D eigenvalue weighted by molar-refractivity contribution is 0.303. The molecule has 0 fully saturated rings. The lowest BCUT2D eigenvalue weighted by atomic mass is 10.1. The molecule has 0 amide bonds. The van der Waals surface area contributed by atoms with Crippen LogP contribution >= 0.6 is 27.5 Å². The maximum Gasteiger partial charge on any atom is 0.282 e. The zero-order chi connectivity index (χ0) is 27.6. The molecular formula is C31H18BrClN4O3. The third-order valence-electron chi connectivity index (χ3n) is 6.26. The van der Waals surface area contributed by atoms with Crippen LogP contribution in [0.15, 0.2) is 110 Å². The minimum Gasteiger partial charge on any atom is -0.487 e. The maximum atomic E-state index is 13.6. The number of hydrogen-bond donors (Lipinski definition) is 0.